The number of para-hydroxylation sites is 1. The lowest BCUT2D eigenvalue weighted by molar-refractivity contribution is -0.189. The summed E-state index contributed by atoms with van der Waals surface area (Å²) in [6, 6.07) is 21.5. The van der Waals surface area contributed by atoms with E-state index < -0.39 is 12.2 Å². The summed E-state index contributed by atoms with van der Waals surface area (Å²) in [4.78, 5) is 61.5. The quantitative estimate of drug-likeness (QED) is 0.268. The van der Waals surface area contributed by atoms with Crippen molar-refractivity contribution in [2.45, 2.75) is 38.6 Å². The first-order chi connectivity index (χ1) is 22.3. The number of aromatic nitrogens is 1. The molecule has 46 heavy (non-hydrogen) atoms. The molecule has 0 spiro atoms. The summed E-state index contributed by atoms with van der Waals surface area (Å²) in [5.74, 6) is -0.629. The number of amides is 5. The molecule has 2 aliphatic heterocycles. The fourth-order valence-electron chi connectivity index (χ4n) is 6.13. The van der Waals surface area contributed by atoms with E-state index in [1.165, 1.54) is 18.3 Å². The number of carbonyl (C=O) groups is 4. The van der Waals surface area contributed by atoms with Crippen molar-refractivity contribution < 1.29 is 19.2 Å². The molecule has 4 aromatic rings. The normalized spacial score (nSPS) is 18.4. The summed E-state index contributed by atoms with van der Waals surface area (Å²) >= 11 is 1.53. The highest BCUT2D eigenvalue weighted by Gasteiger charge is 2.51. The summed E-state index contributed by atoms with van der Waals surface area (Å²) in [5.41, 5.74) is 5.90. The molecule has 0 unspecified atom stereocenters. The number of rotatable bonds is 9. The Labute approximate surface area is 271 Å². The van der Waals surface area contributed by atoms with Crippen LogP contribution in [0, 0.1) is 0 Å². The SMILES string of the molecule is C=CCN1CC(=O)N2[C@@H](Cc3ccc(NC(C)=O)cc3)C(=O)N(Cc3cccc4scnc34)C[C@@H]2N1C(=O)NCc1ccccc1. The average molecular weight is 638 g/mol. The predicted molar refractivity (Wildman–Crippen MR) is 176 cm³/mol. The third-order valence-electron chi connectivity index (χ3n) is 8.17. The lowest BCUT2D eigenvalue weighted by Gasteiger charge is -2.55. The fraction of sp³-hybridized carbons (Fsp3) is 0.265. The molecule has 0 aliphatic carbocycles. The van der Waals surface area contributed by atoms with Gasteiger partial charge in [0.25, 0.3) is 0 Å². The lowest BCUT2D eigenvalue weighted by Crippen LogP contribution is -2.76. The average Bonchev–Trinajstić information content (AvgIpc) is 3.53. The number of benzene rings is 3. The van der Waals surface area contributed by atoms with Crippen molar-refractivity contribution in [1.82, 2.24) is 30.1 Å². The van der Waals surface area contributed by atoms with E-state index in [2.05, 4.69) is 22.2 Å². The topological polar surface area (TPSA) is 118 Å². The number of nitrogens with one attached hydrogen (secondary N) is 2. The maximum absolute atomic E-state index is 14.3. The van der Waals surface area contributed by atoms with Crippen LogP contribution in [0.25, 0.3) is 10.2 Å². The molecule has 5 amide bonds. The Kier molecular flexibility index (Phi) is 9.08. The van der Waals surface area contributed by atoms with E-state index in [1.54, 1.807) is 43.5 Å². The van der Waals surface area contributed by atoms with Crippen LogP contribution in [0.4, 0.5) is 10.5 Å². The Bertz CT molecular complexity index is 1760. The fourth-order valence-corrected chi connectivity index (χ4v) is 6.85. The number of fused-ring (bicyclic) bond motifs is 2. The highest BCUT2D eigenvalue weighted by atomic mass is 32.1. The molecule has 0 bridgehead atoms. The van der Waals surface area contributed by atoms with Gasteiger partial charge >= 0.3 is 6.03 Å². The van der Waals surface area contributed by atoms with Crippen molar-refractivity contribution in [2.75, 3.05) is 25.0 Å². The van der Waals surface area contributed by atoms with Gasteiger partial charge in [-0.05, 0) is 34.9 Å². The smallest absolute Gasteiger partial charge is 0.333 e. The summed E-state index contributed by atoms with van der Waals surface area (Å²) in [5, 5.41) is 9.02. The number of anilines is 1. The van der Waals surface area contributed by atoms with Crippen LogP contribution in [0.3, 0.4) is 0 Å². The zero-order valence-electron chi connectivity index (χ0n) is 25.5. The zero-order valence-corrected chi connectivity index (χ0v) is 26.3. The number of hydrogen-bond donors (Lipinski definition) is 2. The first-order valence-electron chi connectivity index (χ1n) is 15.1. The standard InChI is InChI=1S/C34H35N7O4S/c1-3-16-39-21-31(43)40-28(17-24-12-14-27(15-13-24)37-23(2)42)33(44)38(19-26-10-7-11-29-32(26)36-22-46-29)20-30(40)41(39)34(45)35-18-25-8-5-4-6-9-25/h3-15,22,28,30H,1,16-21H2,2H3,(H,35,45)(H,37,42)/t28-,30-/m0/s1. The highest BCUT2D eigenvalue weighted by molar-refractivity contribution is 7.16. The van der Waals surface area contributed by atoms with E-state index in [4.69, 9.17) is 0 Å². The number of thiazole rings is 1. The Hall–Kier alpha value is -5.07. The summed E-state index contributed by atoms with van der Waals surface area (Å²) in [7, 11) is 0. The van der Waals surface area contributed by atoms with Gasteiger partial charge < -0.3 is 20.4 Å². The van der Waals surface area contributed by atoms with Gasteiger partial charge in [-0.25, -0.2) is 19.8 Å². The molecule has 2 aliphatic rings. The predicted octanol–water partition coefficient (Wildman–Crippen LogP) is 3.99. The van der Waals surface area contributed by atoms with E-state index in [-0.39, 0.29) is 56.4 Å². The van der Waals surface area contributed by atoms with E-state index in [0.29, 0.717) is 12.2 Å². The van der Waals surface area contributed by atoms with Crippen molar-refractivity contribution in [3.05, 3.63) is 108 Å². The third-order valence-corrected chi connectivity index (χ3v) is 8.97. The minimum atomic E-state index is -0.859. The van der Waals surface area contributed by atoms with Crippen molar-refractivity contribution in [1.29, 1.82) is 0 Å². The molecule has 11 nitrogen and oxygen atoms in total. The van der Waals surface area contributed by atoms with E-state index in [0.717, 1.165) is 26.9 Å². The van der Waals surface area contributed by atoms with Gasteiger partial charge in [-0.3, -0.25) is 14.4 Å². The Morgan fingerprint density at radius 2 is 1.80 bits per heavy atom. The van der Waals surface area contributed by atoms with Crippen LogP contribution in [0.2, 0.25) is 0 Å². The van der Waals surface area contributed by atoms with Gasteiger partial charge in [-0.1, -0.05) is 60.7 Å². The number of piperazine rings is 1. The molecule has 0 radical (unpaired) electrons. The molecule has 6 rings (SSSR count). The van der Waals surface area contributed by atoms with Crippen molar-refractivity contribution in [3.63, 3.8) is 0 Å². The van der Waals surface area contributed by atoms with Crippen LogP contribution < -0.4 is 10.6 Å². The first-order valence-corrected chi connectivity index (χ1v) is 15.9. The molecule has 1 aromatic heterocycles. The van der Waals surface area contributed by atoms with Crippen molar-refractivity contribution >= 4 is 51.0 Å². The number of hydrogen-bond acceptors (Lipinski definition) is 7. The molecule has 3 heterocycles. The van der Waals surface area contributed by atoms with Crippen molar-refractivity contribution in [3.8, 4) is 0 Å². The van der Waals surface area contributed by atoms with Crippen molar-refractivity contribution in [2.24, 2.45) is 0 Å². The molecular formula is C34H35N7O4S. The Balaban J connectivity index is 1.35. The number of hydrazine groups is 1. The van der Waals surface area contributed by atoms with Crippen LogP contribution >= 0.6 is 11.3 Å². The first kappa shape index (κ1) is 30.9. The maximum Gasteiger partial charge on any atom is 0.334 e. The zero-order chi connectivity index (χ0) is 32.2. The molecule has 0 saturated carbocycles. The lowest BCUT2D eigenvalue weighted by atomic mass is 9.98. The van der Waals surface area contributed by atoms with E-state index in [9.17, 15) is 19.2 Å². The van der Waals surface area contributed by atoms with Gasteiger partial charge in [0.2, 0.25) is 17.7 Å². The van der Waals surface area contributed by atoms with Gasteiger partial charge in [0.15, 0.2) is 0 Å². The molecule has 2 N–H and O–H groups in total. The highest BCUT2D eigenvalue weighted by Crippen LogP contribution is 2.31. The number of nitrogens with zero attached hydrogens (tertiary/aromatic N) is 5. The molecule has 12 heteroatoms. The van der Waals surface area contributed by atoms with E-state index in [1.807, 2.05) is 60.7 Å². The molecule has 2 fully saturated rings. The summed E-state index contributed by atoms with van der Waals surface area (Å²) in [6.07, 6.45) is 1.14. The van der Waals surface area contributed by atoms with Gasteiger partial charge in [0, 0.05) is 38.7 Å². The number of urea groups is 1. The molecule has 2 atom stereocenters. The van der Waals surface area contributed by atoms with Crippen LogP contribution in [0.15, 0.2) is 91.0 Å². The largest absolute Gasteiger partial charge is 0.334 e. The second kappa shape index (κ2) is 13.5. The summed E-state index contributed by atoms with van der Waals surface area (Å²) in [6.45, 7) is 6.19. The second-order valence-electron chi connectivity index (χ2n) is 11.3. The van der Waals surface area contributed by atoms with Gasteiger partial charge in [-0.15, -0.1) is 17.9 Å². The van der Waals surface area contributed by atoms with E-state index >= 15 is 0 Å². The number of carbonyl (C=O) groups excluding carboxylic acids is 4. The third kappa shape index (κ3) is 6.49. The summed E-state index contributed by atoms with van der Waals surface area (Å²) < 4.78 is 1.02. The monoisotopic (exact) mass is 637 g/mol. The maximum atomic E-state index is 14.3. The van der Waals surface area contributed by atoms with Crippen LogP contribution in [0.5, 0.6) is 0 Å². The van der Waals surface area contributed by atoms with Crippen LogP contribution in [-0.2, 0) is 33.9 Å². The van der Waals surface area contributed by atoms with Gasteiger partial charge in [0.1, 0.15) is 12.2 Å². The Morgan fingerprint density at radius 3 is 2.54 bits per heavy atom. The minimum absolute atomic E-state index is 0.0787. The second-order valence-corrected chi connectivity index (χ2v) is 12.2. The van der Waals surface area contributed by atoms with Crippen LogP contribution in [0.1, 0.15) is 23.6 Å². The molecule has 3 aromatic carbocycles. The minimum Gasteiger partial charge on any atom is -0.333 e. The molecule has 236 valence electrons. The molecule has 2 saturated heterocycles. The van der Waals surface area contributed by atoms with Gasteiger partial charge in [0.05, 0.1) is 28.8 Å². The molecular weight excluding hydrogens is 602 g/mol. The van der Waals surface area contributed by atoms with Gasteiger partial charge in [-0.2, -0.15) is 0 Å². The Morgan fingerprint density at radius 1 is 1.02 bits per heavy atom. The van der Waals surface area contributed by atoms with Crippen LogP contribution in [-0.4, -0.2) is 80.4 Å².